The van der Waals surface area contributed by atoms with E-state index in [1.165, 1.54) is 0 Å². The molecule has 174 valence electrons. The maximum absolute atomic E-state index is 13.3. The van der Waals surface area contributed by atoms with E-state index in [2.05, 4.69) is 15.5 Å². The summed E-state index contributed by atoms with van der Waals surface area (Å²) in [6.45, 7) is 4.58. The van der Waals surface area contributed by atoms with Gasteiger partial charge in [0.05, 0.1) is 19.3 Å². The number of carbonyl (C=O) groups is 3. The molecule has 3 aliphatic rings. The first-order valence-electron chi connectivity index (χ1n) is 11.4. The highest BCUT2D eigenvalue weighted by Crippen LogP contribution is 2.41. The number of fused-ring (bicyclic) bond motifs is 2. The second-order valence-electron chi connectivity index (χ2n) is 8.80. The maximum atomic E-state index is 13.3. The summed E-state index contributed by atoms with van der Waals surface area (Å²) in [6.07, 6.45) is 1.22. The standard InChI is InChI=1S/C24H28N4O5/c1-16-6-7-20(33-16)19(27-10-12-32-13-11-27)14-25-21(29)15-28-22(30)24(26-23(28)31)9-8-17-4-2-3-5-18(17)24/h2-7,19H,8-15H2,1H3,(H,25,29)(H,26,31). The molecule has 1 spiro atoms. The highest BCUT2D eigenvalue weighted by atomic mass is 16.5. The Bertz CT molecular complexity index is 1080. The zero-order valence-corrected chi connectivity index (χ0v) is 18.6. The van der Waals surface area contributed by atoms with E-state index in [9.17, 15) is 14.4 Å². The van der Waals surface area contributed by atoms with Gasteiger partial charge in [0.15, 0.2) is 0 Å². The van der Waals surface area contributed by atoms with Crippen LogP contribution in [0.25, 0.3) is 0 Å². The SMILES string of the molecule is Cc1ccc(C(CNC(=O)CN2C(=O)NC3(CCc4ccccc43)C2=O)N2CCOCC2)o1. The molecule has 2 aliphatic heterocycles. The quantitative estimate of drug-likeness (QED) is 0.644. The number of carbonyl (C=O) groups excluding carboxylic acids is 3. The van der Waals surface area contributed by atoms with E-state index >= 15 is 0 Å². The molecular weight excluding hydrogens is 424 g/mol. The molecule has 0 radical (unpaired) electrons. The first kappa shape index (κ1) is 21.7. The Morgan fingerprint density at radius 3 is 2.73 bits per heavy atom. The molecule has 9 heteroatoms. The van der Waals surface area contributed by atoms with Crippen molar-refractivity contribution in [3.05, 3.63) is 59.0 Å². The van der Waals surface area contributed by atoms with E-state index in [1.807, 2.05) is 43.3 Å². The number of rotatable bonds is 6. The van der Waals surface area contributed by atoms with E-state index in [0.29, 0.717) is 32.6 Å². The average molecular weight is 453 g/mol. The number of benzene rings is 1. The molecular formula is C24H28N4O5. The predicted octanol–water partition coefficient (Wildman–Crippen LogP) is 1.47. The summed E-state index contributed by atoms with van der Waals surface area (Å²) in [6, 6.07) is 10.8. The van der Waals surface area contributed by atoms with Gasteiger partial charge in [0.2, 0.25) is 5.91 Å². The fourth-order valence-electron chi connectivity index (χ4n) is 5.07. The molecule has 1 aliphatic carbocycles. The van der Waals surface area contributed by atoms with Gasteiger partial charge >= 0.3 is 6.03 Å². The number of amides is 4. The van der Waals surface area contributed by atoms with Gasteiger partial charge in [-0.1, -0.05) is 24.3 Å². The Morgan fingerprint density at radius 1 is 1.18 bits per heavy atom. The van der Waals surface area contributed by atoms with Gasteiger partial charge in [-0.3, -0.25) is 19.4 Å². The molecule has 9 nitrogen and oxygen atoms in total. The van der Waals surface area contributed by atoms with Crippen LogP contribution < -0.4 is 10.6 Å². The molecule has 33 heavy (non-hydrogen) atoms. The van der Waals surface area contributed by atoms with Crippen LogP contribution in [0, 0.1) is 6.92 Å². The van der Waals surface area contributed by atoms with Crippen LogP contribution in [0.3, 0.4) is 0 Å². The zero-order valence-electron chi connectivity index (χ0n) is 18.6. The predicted molar refractivity (Wildman–Crippen MR) is 118 cm³/mol. The molecule has 5 rings (SSSR count). The first-order chi connectivity index (χ1) is 16.0. The molecule has 0 saturated carbocycles. The molecule has 1 aromatic heterocycles. The zero-order chi connectivity index (χ0) is 23.0. The van der Waals surface area contributed by atoms with Crippen molar-refractivity contribution < 1.29 is 23.5 Å². The van der Waals surface area contributed by atoms with Gasteiger partial charge < -0.3 is 19.8 Å². The molecule has 2 saturated heterocycles. The largest absolute Gasteiger partial charge is 0.465 e. The van der Waals surface area contributed by atoms with Crippen molar-refractivity contribution in [2.75, 3.05) is 39.4 Å². The first-order valence-corrected chi connectivity index (χ1v) is 11.4. The van der Waals surface area contributed by atoms with Crippen molar-refractivity contribution in [2.24, 2.45) is 0 Å². The molecule has 2 fully saturated rings. The highest BCUT2D eigenvalue weighted by Gasteiger charge is 2.55. The Kier molecular flexibility index (Phi) is 5.67. The van der Waals surface area contributed by atoms with E-state index < -0.39 is 11.6 Å². The molecule has 1 aromatic carbocycles. The van der Waals surface area contributed by atoms with E-state index in [0.717, 1.165) is 40.6 Å². The summed E-state index contributed by atoms with van der Waals surface area (Å²) in [4.78, 5) is 42.0. The van der Waals surface area contributed by atoms with Crippen LogP contribution >= 0.6 is 0 Å². The van der Waals surface area contributed by atoms with Gasteiger partial charge in [0.25, 0.3) is 5.91 Å². The smallest absolute Gasteiger partial charge is 0.325 e. The number of imide groups is 1. The number of nitrogens with zero attached hydrogens (tertiary/aromatic N) is 2. The molecule has 2 aromatic rings. The maximum Gasteiger partial charge on any atom is 0.325 e. The topological polar surface area (TPSA) is 104 Å². The Labute approximate surface area is 192 Å². The fraction of sp³-hybridized carbons (Fsp3) is 0.458. The van der Waals surface area contributed by atoms with Gasteiger partial charge in [-0.2, -0.15) is 0 Å². The van der Waals surface area contributed by atoms with Gasteiger partial charge in [-0.15, -0.1) is 0 Å². The minimum atomic E-state index is -1.06. The van der Waals surface area contributed by atoms with Crippen molar-refractivity contribution in [2.45, 2.75) is 31.3 Å². The van der Waals surface area contributed by atoms with Crippen LogP contribution in [-0.4, -0.2) is 67.0 Å². The van der Waals surface area contributed by atoms with Crippen LogP contribution in [0.2, 0.25) is 0 Å². The summed E-state index contributed by atoms with van der Waals surface area (Å²) >= 11 is 0. The second-order valence-corrected chi connectivity index (χ2v) is 8.80. The third-order valence-electron chi connectivity index (χ3n) is 6.79. The second kappa shape index (κ2) is 8.64. The molecule has 3 heterocycles. The fourth-order valence-corrected chi connectivity index (χ4v) is 5.07. The van der Waals surface area contributed by atoms with E-state index in [1.54, 1.807) is 0 Å². The number of furan rings is 1. The van der Waals surface area contributed by atoms with Gasteiger partial charge in [-0.05, 0) is 43.0 Å². The van der Waals surface area contributed by atoms with Gasteiger partial charge in [0.1, 0.15) is 23.6 Å². The number of morpholine rings is 1. The van der Waals surface area contributed by atoms with Crippen LogP contribution in [0.15, 0.2) is 40.8 Å². The number of hydrogen-bond acceptors (Lipinski definition) is 6. The molecule has 2 unspecified atom stereocenters. The van der Waals surface area contributed by atoms with Crippen LogP contribution in [-0.2, 0) is 26.3 Å². The Balaban J connectivity index is 1.26. The van der Waals surface area contributed by atoms with Crippen LogP contribution in [0.4, 0.5) is 4.79 Å². The van der Waals surface area contributed by atoms with Crippen molar-refractivity contribution in [3.8, 4) is 0 Å². The number of hydrogen-bond donors (Lipinski definition) is 2. The lowest BCUT2D eigenvalue weighted by atomic mass is 9.92. The lowest BCUT2D eigenvalue weighted by molar-refractivity contribution is -0.135. The monoisotopic (exact) mass is 452 g/mol. The minimum Gasteiger partial charge on any atom is -0.465 e. The third kappa shape index (κ3) is 3.91. The Morgan fingerprint density at radius 2 is 1.97 bits per heavy atom. The summed E-state index contributed by atoms with van der Waals surface area (Å²) < 4.78 is 11.3. The van der Waals surface area contributed by atoms with Crippen molar-refractivity contribution in [1.82, 2.24) is 20.4 Å². The normalized spacial score (nSPS) is 23.6. The van der Waals surface area contributed by atoms with Gasteiger partial charge in [0, 0.05) is 19.6 Å². The molecule has 2 N–H and O–H groups in total. The van der Waals surface area contributed by atoms with Crippen LogP contribution in [0.5, 0.6) is 0 Å². The van der Waals surface area contributed by atoms with E-state index in [4.69, 9.17) is 9.15 Å². The Hall–Kier alpha value is -3.17. The minimum absolute atomic E-state index is 0.150. The lowest BCUT2D eigenvalue weighted by Gasteiger charge is -2.33. The summed E-state index contributed by atoms with van der Waals surface area (Å²) in [7, 11) is 0. The molecule has 0 bridgehead atoms. The highest BCUT2D eigenvalue weighted by molar-refractivity contribution is 6.09. The van der Waals surface area contributed by atoms with Crippen molar-refractivity contribution >= 4 is 17.8 Å². The summed E-state index contributed by atoms with van der Waals surface area (Å²) in [5.41, 5.74) is 0.821. The average Bonchev–Trinajstić information content (AvgIpc) is 3.48. The molecule has 4 amide bonds. The number of nitrogens with one attached hydrogen (secondary N) is 2. The third-order valence-corrected chi connectivity index (χ3v) is 6.79. The number of aryl methyl sites for hydroxylation is 2. The number of urea groups is 1. The number of ether oxygens (including phenoxy) is 1. The summed E-state index contributed by atoms with van der Waals surface area (Å²) in [5, 5.41) is 5.75. The van der Waals surface area contributed by atoms with Crippen molar-refractivity contribution in [3.63, 3.8) is 0 Å². The van der Waals surface area contributed by atoms with Crippen molar-refractivity contribution in [1.29, 1.82) is 0 Å². The summed E-state index contributed by atoms with van der Waals surface area (Å²) in [5.74, 6) is 0.824. The molecule has 2 atom stereocenters. The lowest BCUT2D eigenvalue weighted by Crippen LogP contribution is -2.47. The van der Waals surface area contributed by atoms with E-state index in [-0.39, 0.29) is 24.4 Å². The van der Waals surface area contributed by atoms with Crippen LogP contribution in [0.1, 0.15) is 35.1 Å². The van der Waals surface area contributed by atoms with Gasteiger partial charge in [-0.25, -0.2) is 4.79 Å².